The molecule has 0 bridgehead atoms. The number of primary amides is 1. The van der Waals surface area contributed by atoms with Crippen LogP contribution >= 0.6 is 0 Å². The maximum atomic E-state index is 12.5. The summed E-state index contributed by atoms with van der Waals surface area (Å²) in [4.78, 5) is 17.5. The van der Waals surface area contributed by atoms with Crippen LogP contribution in [0.15, 0.2) is 0 Å². The van der Waals surface area contributed by atoms with Crippen molar-refractivity contribution in [2.75, 3.05) is 46.4 Å². The number of amides is 1. The number of hydrogen-bond acceptors (Lipinski definition) is 4. The van der Waals surface area contributed by atoms with Crippen LogP contribution in [0.5, 0.6) is 0 Å². The lowest BCUT2D eigenvalue weighted by molar-refractivity contribution is -0.138. The van der Waals surface area contributed by atoms with Crippen LogP contribution in [-0.4, -0.2) is 68.2 Å². The SMILES string of the molecule is CN1CCN(C(C2CCOC2)C2(C(N)=O)CCCCC2)CC1. The molecule has 5 heteroatoms. The van der Waals surface area contributed by atoms with E-state index in [1.54, 1.807) is 0 Å². The summed E-state index contributed by atoms with van der Waals surface area (Å²) in [6, 6.07) is 0.279. The maximum Gasteiger partial charge on any atom is 0.225 e. The van der Waals surface area contributed by atoms with Gasteiger partial charge in [0.1, 0.15) is 0 Å². The number of ether oxygens (including phenoxy) is 1. The van der Waals surface area contributed by atoms with Crippen molar-refractivity contribution in [1.82, 2.24) is 9.80 Å². The van der Waals surface area contributed by atoms with E-state index < -0.39 is 0 Å². The highest BCUT2D eigenvalue weighted by Gasteiger charge is 2.51. The van der Waals surface area contributed by atoms with E-state index in [9.17, 15) is 4.79 Å². The fourth-order valence-electron chi connectivity index (χ4n) is 4.87. The minimum Gasteiger partial charge on any atom is -0.381 e. The van der Waals surface area contributed by atoms with Crippen LogP contribution < -0.4 is 5.73 Å². The Kier molecular flexibility index (Phi) is 5.05. The van der Waals surface area contributed by atoms with Crippen LogP contribution in [0, 0.1) is 11.3 Å². The molecule has 3 fully saturated rings. The van der Waals surface area contributed by atoms with Crippen LogP contribution in [-0.2, 0) is 9.53 Å². The molecule has 3 rings (SSSR count). The number of hydrogen-bond donors (Lipinski definition) is 1. The summed E-state index contributed by atoms with van der Waals surface area (Å²) >= 11 is 0. The molecule has 0 radical (unpaired) electrons. The number of likely N-dealkylation sites (N-methyl/N-ethyl adjacent to an activating group) is 1. The fourth-order valence-corrected chi connectivity index (χ4v) is 4.87. The van der Waals surface area contributed by atoms with Crippen LogP contribution in [0.4, 0.5) is 0 Å². The molecule has 2 heterocycles. The third-order valence-corrected chi connectivity index (χ3v) is 6.15. The lowest BCUT2D eigenvalue weighted by Crippen LogP contribution is -2.62. The van der Waals surface area contributed by atoms with Gasteiger partial charge in [-0.2, -0.15) is 0 Å². The van der Waals surface area contributed by atoms with E-state index in [2.05, 4.69) is 16.8 Å². The molecule has 126 valence electrons. The molecule has 2 atom stereocenters. The average molecular weight is 309 g/mol. The molecule has 3 aliphatic rings. The minimum absolute atomic E-state index is 0.0666. The van der Waals surface area contributed by atoms with Crippen molar-refractivity contribution in [2.45, 2.75) is 44.6 Å². The molecule has 0 aromatic heterocycles. The van der Waals surface area contributed by atoms with Crippen molar-refractivity contribution in [1.29, 1.82) is 0 Å². The van der Waals surface area contributed by atoms with Crippen molar-refractivity contribution < 1.29 is 9.53 Å². The van der Waals surface area contributed by atoms with Gasteiger partial charge in [0.05, 0.1) is 12.0 Å². The van der Waals surface area contributed by atoms with Crippen LogP contribution in [0.2, 0.25) is 0 Å². The molecular formula is C17H31N3O2. The van der Waals surface area contributed by atoms with Gasteiger partial charge < -0.3 is 15.4 Å². The zero-order valence-corrected chi connectivity index (χ0v) is 13.9. The zero-order chi connectivity index (χ0) is 15.6. The van der Waals surface area contributed by atoms with Crippen molar-refractivity contribution >= 4 is 5.91 Å². The van der Waals surface area contributed by atoms with Gasteiger partial charge in [-0.25, -0.2) is 0 Å². The van der Waals surface area contributed by atoms with Gasteiger partial charge >= 0.3 is 0 Å². The Hall–Kier alpha value is -0.650. The summed E-state index contributed by atoms with van der Waals surface area (Å²) in [5, 5.41) is 0. The first-order chi connectivity index (χ1) is 10.6. The highest BCUT2D eigenvalue weighted by Crippen LogP contribution is 2.45. The van der Waals surface area contributed by atoms with Gasteiger partial charge in [0.15, 0.2) is 0 Å². The first-order valence-corrected chi connectivity index (χ1v) is 8.94. The summed E-state index contributed by atoms with van der Waals surface area (Å²) in [6.07, 6.45) is 6.53. The molecule has 1 aliphatic carbocycles. The number of carbonyl (C=O) groups is 1. The molecule has 2 saturated heterocycles. The van der Waals surface area contributed by atoms with Gasteiger partial charge in [0, 0.05) is 44.7 Å². The number of rotatable bonds is 4. The monoisotopic (exact) mass is 309 g/mol. The zero-order valence-electron chi connectivity index (χ0n) is 13.9. The molecule has 2 unspecified atom stereocenters. The largest absolute Gasteiger partial charge is 0.381 e. The van der Waals surface area contributed by atoms with E-state index in [1.807, 2.05) is 0 Å². The minimum atomic E-state index is -0.327. The van der Waals surface area contributed by atoms with E-state index >= 15 is 0 Å². The smallest absolute Gasteiger partial charge is 0.225 e. The quantitative estimate of drug-likeness (QED) is 0.844. The van der Waals surface area contributed by atoms with Crippen LogP contribution in [0.3, 0.4) is 0 Å². The van der Waals surface area contributed by atoms with Crippen LogP contribution in [0.1, 0.15) is 38.5 Å². The molecule has 2 aliphatic heterocycles. The van der Waals surface area contributed by atoms with E-state index in [4.69, 9.17) is 10.5 Å². The lowest BCUT2D eigenvalue weighted by Gasteiger charge is -2.50. The highest BCUT2D eigenvalue weighted by atomic mass is 16.5. The predicted octanol–water partition coefficient (Wildman–Crippen LogP) is 1.07. The van der Waals surface area contributed by atoms with Crippen molar-refractivity contribution in [3.8, 4) is 0 Å². The summed E-state index contributed by atoms with van der Waals surface area (Å²) in [7, 11) is 2.18. The standard InChI is InChI=1S/C17H31N3O2/c1-19-8-10-20(11-9-19)15(14-5-12-22-13-14)17(16(18)21)6-3-2-4-7-17/h14-15H,2-13H2,1H3,(H2,18,21). The van der Waals surface area contributed by atoms with Gasteiger partial charge in [0.2, 0.25) is 5.91 Å². The fraction of sp³-hybridized carbons (Fsp3) is 0.941. The molecule has 1 amide bonds. The lowest BCUT2D eigenvalue weighted by atomic mass is 9.64. The van der Waals surface area contributed by atoms with Gasteiger partial charge in [-0.05, 0) is 26.3 Å². The maximum absolute atomic E-state index is 12.5. The van der Waals surface area contributed by atoms with E-state index in [1.165, 1.54) is 6.42 Å². The first kappa shape index (κ1) is 16.2. The molecule has 0 aromatic carbocycles. The molecular weight excluding hydrogens is 278 g/mol. The summed E-state index contributed by atoms with van der Waals surface area (Å²) < 4.78 is 5.68. The second-order valence-corrected chi connectivity index (χ2v) is 7.49. The number of carbonyl (C=O) groups excluding carboxylic acids is 1. The summed E-state index contributed by atoms with van der Waals surface area (Å²) in [6.45, 7) is 5.90. The second-order valence-electron chi connectivity index (χ2n) is 7.49. The van der Waals surface area contributed by atoms with Gasteiger partial charge in [-0.1, -0.05) is 19.3 Å². The highest BCUT2D eigenvalue weighted by molar-refractivity contribution is 5.82. The Bertz CT molecular complexity index is 381. The molecule has 22 heavy (non-hydrogen) atoms. The first-order valence-electron chi connectivity index (χ1n) is 8.94. The number of nitrogens with zero attached hydrogens (tertiary/aromatic N) is 2. The number of piperazine rings is 1. The van der Waals surface area contributed by atoms with Crippen molar-refractivity contribution in [3.05, 3.63) is 0 Å². The van der Waals surface area contributed by atoms with Crippen molar-refractivity contribution in [2.24, 2.45) is 17.1 Å². The van der Waals surface area contributed by atoms with E-state index in [0.717, 1.165) is 71.5 Å². The predicted molar refractivity (Wildman–Crippen MR) is 86.5 cm³/mol. The Morgan fingerprint density at radius 1 is 1.18 bits per heavy atom. The second kappa shape index (κ2) is 6.85. The third kappa shape index (κ3) is 3.03. The number of nitrogens with two attached hydrogens (primary N) is 1. The molecule has 0 spiro atoms. The third-order valence-electron chi connectivity index (χ3n) is 6.15. The van der Waals surface area contributed by atoms with Gasteiger partial charge in [-0.15, -0.1) is 0 Å². The topological polar surface area (TPSA) is 58.8 Å². The summed E-state index contributed by atoms with van der Waals surface area (Å²) in [5.41, 5.74) is 5.66. The van der Waals surface area contributed by atoms with Crippen LogP contribution in [0.25, 0.3) is 0 Å². The Balaban J connectivity index is 1.87. The Morgan fingerprint density at radius 2 is 1.86 bits per heavy atom. The molecule has 5 nitrogen and oxygen atoms in total. The van der Waals surface area contributed by atoms with Gasteiger partial charge in [-0.3, -0.25) is 9.69 Å². The van der Waals surface area contributed by atoms with E-state index in [-0.39, 0.29) is 17.4 Å². The normalized spacial score (nSPS) is 32.0. The average Bonchev–Trinajstić information content (AvgIpc) is 3.04. The van der Waals surface area contributed by atoms with E-state index in [0.29, 0.717) is 5.92 Å². The molecule has 1 saturated carbocycles. The Labute approximate surface area is 134 Å². The summed E-state index contributed by atoms with van der Waals surface area (Å²) in [5.74, 6) is 0.400. The molecule has 0 aromatic rings. The molecule has 2 N–H and O–H groups in total. The Morgan fingerprint density at radius 3 is 2.41 bits per heavy atom. The van der Waals surface area contributed by atoms with Crippen molar-refractivity contribution in [3.63, 3.8) is 0 Å². The van der Waals surface area contributed by atoms with Gasteiger partial charge in [0.25, 0.3) is 0 Å².